The van der Waals surface area contributed by atoms with Gasteiger partial charge in [0.25, 0.3) is 0 Å². The topological polar surface area (TPSA) is 33.7 Å². The molecule has 1 N–H and O–H groups in total. The lowest BCUT2D eigenvalue weighted by molar-refractivity contribution is 0.0784. The number of halogens is 1. The predicted molar refractivity (Wildman–Crippen MR) is 91.6 cm³/mol. The molecule has 0 amide bonds. The maximum atomic E-state index is 13.7. The number of benzene rings is 2. The lowest BCUT2D eigenvalue weighted by Crippen LogP contribution is -2.43. The Morgan fingerprint density at radius 3 is 2.70 bits per heavy atom. The number of ether oxygens (including phenoxy) is 2. The quantitative estimate of drug-likeness (QED) is 0.872. The van der Waals surface area contributed by atoms with Gasteiger partial charge in [-0.25, -0.2) is 4.39 Å². The van der Waals surface area contributed by atoms with Gasteiger partial charge in [0.2, 0.25) is 0 Å². The molecule has 1 aliphatic rings. The summed E-state index contributed by atoms with van der Waals surface area (Å²) in [6.45, 7) is 0.984. The first-order valence-corrected chi connectivity index (χ1v) is 7.69. The van der Waals surface area contributed by atoms with Gasteiger partial charge in [-0.15, -0.1) is 0 Å². The number of rotatable bonds is 3. The van der Waals surface area contributed by atoms with Crippen LogP contribution in [0, 0.1) is 5.82 Å². The minimum absolute atomic E-state index is 0.143. The zero-order valence-corrected chi connectivity index (χ0v) is 13.5. The summed E-state index contributed by atoms with van der Waals surface area (Å²) in [6, 6.07) is 14.0. The molecule has 0 bridgehead atoms. The van der Waals surface area contributed by atoms with Crippen molar-refractivity contribution in [3.05, 3.63) is 54.3 Å². The first-order chi connectivity index (χ1) is 11.1. The average Bonchev–Trinajstić information content (AvgIpc) is 2.56. The van der Waals surface area contributed by atoms with Crippen molar-refractivity contribution in [2.75, 3.05) is 25.5 Å². The van der Waals surface area contributed by atoms with Gasteiger partial charge < -0.3 is 19.7 Å². The molecule has 3 rings (SSSR count). The Kier molecular flexibility index (Phi) is 4.62. The van der Waals surface area contributed by atoms with Gasteiger partial charge in [-0.1, -0.05) is 24.3 Å². The first-order valence-electron chi connectivity index (χ1n) is 7.28. The van der Waals surface area contributed by atoms with Crippen molar-refractivity contribution < 1.29 is 13.9 Å². The summed E-state index contributed by atoms with van der Waals surface area (Å²) in [5.41, 5.74) is 0.357. The van der Waals surface area contributed by atoms with Gasteiger partial charge in [-0.05, 0) is 36.5 Å². The molecule has 0 spiro atoms. The number of likely N-dealkylation sites (N-methyl/N-ethyl adjacent to an activating group) is 1. The summed E-state index contributed by atoms with van der Waals surface area (Å²) < 4.78 is 25.2. The molecule has 0 saturated heterocycles. The molecule has 0 saturated carbocycles. The van der Waals surface area contributed by atoms with E-state index in [2.05, 4.69) is 5.32 Å². The first kappa shape index (κ1) is 15.6. The second-order valence-corrected chi connectivity index (χ2v) is 5.67. The number of para-hydroxylation sites is 3. The van der Waals surface area contributed by atoms with Crippen LogP contribution in [0.3, 0.4) is 0 Å². The average molecular weight is 332 g/mol. The van der Waals surface area contributed by atoms with Gasteiger partial charge in [0.1, 0.15) is 12.4 Å². The molecule has 0 radical (unpaired) electrons. The Balaban J connectivity index is 1.58. The minimum atomic E-state index is -0.338. The normalized spacial score (nSPS) is 15.8. The maximum Gasteiger partial charge on any atom is 0.173 e. The van der Waals surface area contributed by atoms with Crippen LogP contribution in [0.5, 0.6) is 11.5 Å². The van der Waals surface area contributed by atoms with Gasteiger partial charge in [-0.3, -0.25) is 0 Å². The molecule has 2 aromatic carbocycles. The second kappa shape index (κ2) is 6.83. The number of thiocarbonyl (C=S) groups is 1. The van der Waals surface area contributed by atoms with Crippen LogP contribution in [0.2, 0.25) is 0 Å². The molecule has 0 unspecified atom stereocenters. The molecule has 0 fully saturated rings. The van der Waals surface area contributed by atoms with Crippen LogP contribution in [-0.2, 0) is 0 Å². The number of nitrogens with zero attached hydrogens (tertiary/aromatic N) is 1. The third-order valence-electron chi connectivity index (χ3n) is 3.51. The van der Waals surface area contributed by atoms with Crippen LogP contribution in [0.15, 0.2) is 48.5 Å². The van der Waals surface area contributed by atoms with Gasteiger partial charge in [0.15, 0.2) is 22.7 Å². The maximum absolute atomic E-state index is 13.7. The Labute approximate surface area is 139 Å². The lowest BCUT2D eigenvalue weighted by atomic mass is 10.2. The zero-order chi connectivity index (χ0) is 16.2. The SMILES string of the molecule is CN(C[C@H]1COc2ccccc2O1)C(=S)Nc1ccccc1F. The van der Waals surface area contributed by atoms with Crippen LogP contribution in [0.1, 0.15) is 0 Å². The van der Waals surface area contributed by atoms with E-state index < -0.39 is 0 Å². The number of fused-ring (bicyclic) bond motifs is 1. The van der Waals surface area contributed by atoms with Crippen molar-refractivity contribution in [3.63, 3.8) is 0 Å². The largest absolute Gasteiger partial charge is 0.486 e. The monoisotopic (exact) mass is 332 g/mol. The third-order valence-corrected chi connectivity index (χ3v) is 3.92. The Morgan fingerprint density at radius 1 is 1.22 bits per heavy atom. The fourth-order valence-corrected chi connectivity index (χ4v) is 2.50. The fraction of sp³-hybridized carbons (Fsp3) is 0.235. The highest BCUT2D eigenvalue weighted by Gasteiger charge is 2.22. The number of nitrogens with one attached hydrogen (secondary N) is 1. The number of hydrogen-bond acceptors (Lipinski definition) is 3. The van der Waals surface area contributed by atoms with Crippen molar-refractivity contribution in [1.29, 1.82) is 0 Å². The molecular weight excluding hydrogens is 315 g/mol. The summed E-state index contributed by atoms with van der Waals surface area (Å²) in [7, 11) is 1.83. The van der Waals surface area contributed by atoms with Crippen molar-refractivity contribution in [2.45, 2.75) is 6.10 Å². The van der Waals surface area contributed by atoms with E-state index in [0.717, 1.165) is 11.5 Å². The van der Waals surface area contributed by atoms with Crippen molar-refractivity contribution >= 4 is 23.0 Å². The molecule has 1 heterocycles. The Bertz CT molecular complexity index is 710. The molecule has 120 valence electrons. The van der Waals surface area contributed by atoms with E-state index in [1.54, 1.807) is 18.2 Å². The summed E-state index contributed by atoms with van der Waals surface area (Å²) >= 11 is 5.32. The second-order valence-electron chi connectivity index (χ2n) is 5.29. The van der Waals surface area contributed by atoms with Crippen LogP contribution in [0.4, 0.5) is 10.1 Å². The van der Waals surface area contributed by atoms with Crippen molar-refractivity contribution in [3.8, 4) is 11.5 Å². The Morgan fingerprint density at radius 2 is 1.91 bits per heavy atom. The zero-order valence-electron chi connectivity index (χ0n) is 12.7. The molecule has 23 heavy (non-hydrogen) atoms. The molecule has 6 heteroatoms. The molecule has 1 atom stereocenters. The van der Waals surface area contributed by atoms with E-state index in [9.17, 15) is 4.39 Å². The van der Waals surface area contributed by atoms with E-state index in [4.69, 9.17) is 21.7 Å². The van der Waals surface area contributed by atoms with Gasteiger partial charge >= 0.3 is 0 Å². The lowest BCUT2D eigenvalue weighted by Gasteiger charge is -2.30. The smallest absolute Gasteiger partial charge is 0.173 e. The number of anilines is 1. The predicted octanol–water partition coefficient (Wildman–Crippen LogP) is 3.29. The van der Waals surface area contributed by atoms with Crippen molar-refractivity contribution in [1.82, 2.24) is 4.90 Å². The molecule has 2 aromatic rings. The standard InChI is InChI=1S/C17H17FN2O2S/c1-20(17(23)19-14-7-3-2-6-13(14)18)10-12-11-21-15-8-4-5-9-16(15)22-12/h2-9,12H,10-11H2,1H3,(H,19,23)/t12-/m0/s1. The van der Waals surface area contributed by atoms with E-state index in [0.29, 0.717) is 24.0 Å². The van der Waals surface area contributed by atoms with Crippen molar-refractivity contribution in [2.24, 2.45) is 0 Å². The van der Waals surface area contributed by atoms with Crippen LogP contribution >= 0.6 is 12.2 Å². The Hall–Kier alpha value is -2.34. The highest BCUT2D eigenvalue weighted by Crippen LogP contribution is 2.31. The third kappa shape index (κ3) is 3.71. The van der Waals surface area contributed by atoms with E-state index in [-0.39, 0.29) is 11.9 Å². The molecule has 4 nitrogen and oxygen atoms in total. The van der Waals surface area contributed by atoms with Crippen LogP contribution < -0.4 is 14.8 Å². The summed E-state index contributed by atoms with van der Waals surface area (Å²) in [5.74, 6) is 1.14. The van der Waals surface area contributed by atoms with Gasteiger partial charge in [0.05, 0.1) is 12.2 Å². The highest BCUT2D eigenvalue weighted by atomic mass is 32.1. The van der Waals surface area contributed by atoms with Crippen LogP contribution in [0.25, 0.3) is 0 Å². The van der Waals surface area contributed by atoms with E-state index >= 15 is 0 Å². The minimum Gasteiger partial charge on any atom is -0.486 e. The summed E-state index contributed by atoms with van der Waals surface area (Å²) in [6.07, 6.45) is -0.143. The summed E-state index contributed by atoms with van der Waals surface area (Å²) in [4.78, 5) is 1.81. The van der Waals surface area contributed by atoms with Crippen LogP contribution in [-0.4, -0.2) is 36.3 Å². The fourth-order valence-electron chi connectivity index (χ4n) is 2.31. The highest BCUT2D eigenvalue weighted by molar-refractivity contribution is 7.80. The van der Waals surface area contributed by atoms with Gasteiger partial charge in [-0.2, -0.15) is 0 Å². The van der Waals surface area contributed by atoms with E-state index in [1.807, 2.05) is 36.2 Å². The number of hydrogen-bond donors (Lipinski definition) is 1. The van der Waals surface area contributed by atoms with Gasteiger partial charge in [0, 0.05) is 7.05 Å². The molecule has 0 aliphatic carbocycles. The molecular formula is C17H17FN2O2S. The molecule has 0 aromatic heterocycles. The van der Waals surface area contributed by atoms with E-state index in [1.165, 1.54) is 6.07 Å². The summed E-state index contributed by atoms with van der Waals surface area (Å²) in [5, 5.41) is 3.33. The molecule has 1 aliphatic heterocycles.